The molecule has 1 unspecified atom stereocenters. The van der Waals surface area contributed by atoms with Crippen LogP contribution in [0.5, 0.6) is 0 Å². The molecule has 1 atom stereocenters. The van der Waals surface area contributed by atoms with Crippen LogP contribution in [0.4, 0.5) is 0 Å². The smallest absolute Gasteiger partial charge is 0.161 e. The van der Waals surface area contributed by atoms with Gasteiger partial charge in [-0.15, -0.1) is 0 Å². The summed E-state index contributed by atoms with van der Waals surface area (Å²) in [5.74, 6) is 3.22. The van der Waals surface area contributed by atoms with Gasteiger partial charge < -0.3 is 4.43 Å². The first-order chi connectivity index (χ1) is 7.42. The van der Waals surface area contributed by atoms with Gasteiger partial charge in [0.05, 0.1) is 0 Å². The zero-order chi connectivity index (χ0) is 10.5. The molecular weight excluding hydrogens is 231 g/mol. The summed E-state index contributed by atoms with van der Waals surface area (Å²) >= 11 is 0. The summed E-state index contributed by atoms with van der Waals surface area (Å²) in [6, 6.07) is 1.46. The van der Waals surface area contributed by atoms with Crippen LogP contribution in [0.1, 0.15) is 51.4 Å². The van der Waals surface area contributed by atoms with Gasteiger partial charge in [-0.25, -0.2) is 0 Å². The van der Waals surface area contributed by atoms with E-state index in [0.717, 1.165) is 17.8 Å². The van der Waals surface area contributed by atoms with Crippen LogP contribution in [0.3, 0.4) is 0 Å². The second-order valence-corrected chi connectivity index (χ2v) is 7.10. The van der Waals surface area contributed by atoms with Gasteiger partial charge in [0.2, 0.25) is 0 Å². The lowest BCUT2D eigenvalue weighted by atomic mass is 9.81. The molecule has 0 radical (unpaired) electrons. The summed E-state index contributed by atoms with van der Waals surface area (Å²) in [6.07, 6.45) is 12.1. The molecule has 16 heavy (non-hydrogen) atoms. The van der Waals surface area contributed by atoms with E-state index in [1.165, 1.54) is 57.4 Å². The van der Waals surface area contributed by atoms with Gasteiger partial charge in [-0.3, -0.25) is 0 Å². The minimum Gasteiger partial charge on any atom is -0.427 e. The summed E-state index contributed by atoms with van der Waals surface area (Å²) in [5.41, 5.74) is 0. The van der Waals surface area contributed by atoms with Crippen LogP contribution in [0, 0.1) is 17.8 Å². The zero-order valence-electron chi connectivity index (χ0n) is 10.9. The van der Waals surface area contributed by atoms with Gasteiger partial charge in [0.25, 0.3) is 0 Å². The van der Waals surface area contributed by atoms with Crippen molar-refractivity contribution in [1.29, 1.82) is 0 Å². The van der Waals surface area contributed by atoms with Crippen molar-refractivity contribution in [2.45, 2.75) is 57.4 Å². The second-order valence-electron chi connectivity index (χ2n) is 5.53. The fourth-order valence-corrected chi connectivity index (χ4v) is 5.33. The Balaban J connectivity index is 0.00000128. The van der Waals surface area contributed by atoms with E-state index >= 15 is 0 Å². The second kappa shape index (κ2) is 7.84. The molecule has 1 nitrogen and oxygen atoms in total. The number of hydrogen-bond acceptors (Lipinski definition) is 1. The third-order valence-electron chi connectivity index (χ3n) is 4.67. The third-order valence-corrected chi connectivity index (χ3v) is 5.98. The van der Waals surface area contributed by atoms with Crippen molar-refractivity contribution in [3.05, 3.63) is 0 Å². The van der Waals surface area contributed by atoms with Gasteiger partial charge in [0.1, 0.15) is 0 Å². The Morgan fingerprint density at radius 3 is 1.81 bits per heavy atom. The zero-order valence-corrected chi connectivity index (χ0v) is 13.7. The molecular formula is C13H29OPSi. The molecule has 2 aliphatic carbocycles. The first-order valence-electron chi connectivity index (χ1n) is 6.90. The molecule has 0 heterocycles. The fraction of sp³-hybridized carbons (Fsp3) is 1.00. The number of hydrogen-bond donors (Lipinski definition) is 0. The summed E-state index contributed by atoms with van der Waals surface area (Å²) in [6.45, 7) is 0. The maximum Gasteiger partial charge on any atom is 0.161 e. The average Bonchev–Trinajstić information content (AvgIpc) is 2.90. The molecule has 0 aromatic heterocycles. The van der Waals surface area contributed by atoms with E-state index in [0.29, 0.717) is 0 Å². The lowest BCUT2D eigenvalue weighted by Gasteiger charge is -2.28. The minimum absolute atomic E-state index is 0. The van der Waals surface area contributed by atoms with Crippen LogP contribution >= 0.6 is 9.90 Å². The van der Waals surface area contributed by atoms with Crippen LogP contribution in [0.15, 0.2) is 0 Å². The van der Waals surface area contributed by atoms with E-state index in [1.54, 1.807) is 0 Å². The lowest BCUT2D eigenvalue weighted by molar-refractivity contribution is 0.246. The Morgan fingerprint density at radius 1 is 1.00 bits per heavy atom. The van der Waals surface area contributed by atoms with Crippen LogP contribution in [0.2, 0.25) is 6.04 Å². The molecule has 0 aromatic carbocycles. The summed E-state index contributed by atoms with van der Waals surface area (Å²) in [4.78, 5) is 0. The Kier molecular flexibility index (Phi) is 7.19. The van der Waals surface area contributed by atoms with E-state index in [1.807, 2.05) is 7.11 Å². The third kappa shape index (κ3) is 3.82. The molecule has 0 N–H and O–H groups in total. The first kappa shape index (κ1) is 14.7. The molecule has 2 fully saturated rings. The van der Waals surface area contributed by atoms with Gasteiger partial charge >= 0.3 is 0 Å². The molecule has 0 amide bonds. The van der Waals surface area contributed by atoms with Crippen LogP contribution in [-0.4, -0.2) is 16.9 Å². The summed E-state index contributed by atoms with van der Waals surface area (Å²) < 4.78 is 5.43. The molecule has 0 aliphatic heterocycles. The maximum absolute atomic E-state index is 5.43. The van der Waals surface area contributed by atoms with Crippen molar-refractivity contribution in [2.75, 3.05) is 7.11 Å². The largest absolute Gasteiger partial charge is 0.427 e. The fourth-order valence-electron chi connectivity index (χ4n) is 3.88. The standard InChI is InChI=1S/C13H26OSi.H3P/c1-14-15-10-13(11-6-2-3-7-11)12-8-4-5-9-12;/h11-13H,2-10,15H2,1H3;1H3. The van der Waals surface area contributed by atoms with Gasteiger partial charge in [0, 0.05) is 7.11 Å². The highest BCUT2D eigenvalue weighted by Gasteiger charge is 2.32. The van der Waals surface area contributed by atoms with Crippen molar-refractivity contribution in [1.82, 2.24) is 0 Å². The molecule has 2 rings (SSSR count). The Hall–Kier alpha value is 0.607. The Labute approximate surface area is 107 Å². The van der Waals surface area contributed by atoms with E-state index in [4.69, 9.17) is 4.43 Å². The SMILES string of the molecule is CO[SiH2]CC(C1CCCC1)C1CCCC1.P. The van der Waals surface area contributed by atoms with Crippen molar-refractivity contribution < 1.29 is 4.43 Å². The Morgan fingerprint density at radius 2 is 1.44 bits per heavy atom. The highest BCUT2D eigenvalue weighted by atomic mass is 31.0. The topological polar surface area (TPSA) is 9.23 Å². The van der Waals surface area contributed by atoms with E-state index in [9.17, 15) is 0 Å². The highest BCUT2D eigenvalue weighted by Crippen LogP contribution is 2.43. The molecule has 0 bridgehead atoms. The first-order valence-corrected chi connectivity index (χ1v) is 8.48. The van der Waals surface area contributed by atoms with Gasteiger partial charge in [0.15, 0.2) is 9.76 Å². The summed E-state index contributed by atoms with van der Waals surface area (Å²) in [7, 11) is 1.72. The molecule has 0 saturated heterocycles. The molecule has 2 aliphatic rings. The van der Waals surface area contributed by atoms with Gasteiger partial charge in [-0.1, -0.05) is 51.4 Å². The molecule has 96 valence electrons. The number of rotatable bonds is 5. The molecule has 0 aromatic rings. The quantitative estimate of drug-likeness (QED) is 0.545. The van der Waals surface area contributed by atoms with E-state index < -0.39 is 0 Å². The van der Waals surface area contributed by atoms with Crippen LogP contribution < -0.4 is 0 Å². The van der Waals surface area contributed by atoms with Gasteiger partial charge in [-0.2, -0.15) is 9.90 Å². The predicted molar refractivity (Wildman–Crippen MR) is 78.9 cm³/mol. The van der Waals surface area contributed by atoms with E-state index in [2.05, 4.69) is 0 Å². The van der Waals surface area contributed by atoms with E-state index in [-0.39, 0.29) is 19.7 Å². The average molecular weight is 260 g/mol. The van der Waals surface area contributed by atoms with Crippen molar-refractivity contribution in [3.63, 3.8) is 0 Å². The van der Waals surface area contributed by atoms with Crippen molar-refractivity contribution >= 4 is 19.7 Å². The molecule has 3 heteroatoms. The molecule has 2 saturated carbocycles. The normalized spacial score (nSPS) is 23.6. The highest BCUT2D eigenvalue weighted by molar-refractivity contribution is 6.92. The van der Waals surface area contributed by atoms with Crippen molar-refractivity contribution in [3.8, 4) is 0 Å². The summed E-state index contributed by atoms with van der Waals surface area (Å²) in [5, 5.41) is 0. The molecule has 0 spiro atoms. The predicted octanol–water partition coefficient (Wildman–Crippen LogP) is 3.19. The Bertz CT molecular complexity index is 161. The van der Waals surface area contributed by atoms with Crippen LogP contribution in [-0.2, 0) is 4.43 Å². The maximum atomic E-state index is 5.43. The van der Waals surface area contributed by atoms with Crippen LogP contribution in [0.25, 0.3) is 0 Å². The van der Waals surface area contributed by atoms with Gasteiger partial charge in [-0.05, 0) is 23.8 Å². The monoisotopic (exact) mass is 260 g/mol. The minimum atomic E-state index is -0.193. The van der Waals surface area contributed by atoms with Crippen molar-refractivity contribution in [2.24, 2.45) is 17.8 Å². The lowest BCUT2D eigenvalue weighted by Crippen LogP contribution is -2.22.